The molecule has 1 atom stereocenters. The van der Waals surface area contributed by atoms with Crippen LogP contribution in [0.4, 0.5) is 0 Å². The van der Waals surface area contributed by atoms with Crippen molar-refractivity contribution in [1.29, 1.82) is 0 Å². The van der Waals surface area contributed by atoms with Crippen LogP contribution in [0.3, 0.4) is 0 Å². The van der Waals surface area contributed by atoms with E-state index in [4.69, 9.17) is 0 Å². The van der Waals surface area contributed by atoms with Gasteiger partial charge in [0.25, 0.3) is 0 Å². The van der Waals surface area contributed by atoms with Crippen LogP contribution in [0.2, 0.25) is 0 Å². The minimum atomic E-state index is 0.291. The second kappa shape index (κ2) is 14.6. The molecule has 1 aromatic rings. The molecule has 0 N–H and O–H groups in total. The van der Waals surface area contributed by atoms with Crippen molar-refractivity contribution < 1.29 is 4.79 Å². The maximum absolute atomic E-state index is 11.5. The first kappa shape index (κ1) is 21.3. The van der Waals surface area contributed by atoms with Crippen molar-refractivity contribution in [3.05, 3.63) is 35.9 Å². The summed E-state index contributed by atoms with van der Waals surface area (Å²) in [4.78, 5) is 11.5. The number of hydrogen-bond donors (Lipinski definition) is 0. The predicted octanol–water partition coefficient (Wildman–Crippen LogP) is 7.36. The van der Waals surface area contributed by atoms with E-state index in [1.165, 1.54) is 75.5 Å². The van der Waals surface area contributed by atoms with Gasteiger partial charge in [-0.25, -0.2) is 0 Å². The van der Waals surface area contributed by atoms with E-state index in [9.17, 15) is 4.79 Å². The lowest BCUT2D eigenvalue weighted by Crippen LogP contribution is -2.02. The third-order valence-electron chi connectivity index (χ3n) is 4.46. The number of benzene rings is 1. The third kappa shape index (κ3) is 10.9. The molecule has 0 radical (unpaired) electrons. The van der Waals surface area contributed by atoms with E-state index >= 15 is 0 Å². The number of rotatable bonds is 15. The van der Waals surface area contributed by atoms with Gasteiger partial charge >= 0.3 is 0 Å². The Morgan fingerprint density at radius 1 is 0.875 bits per heavy atom. The molecule has 0 aromatic heterocycles. The highest BCUT2D eigenvalue weighted by Crippen LogP contribution is 2.33. The van der Waals surface area contributed by atoms with Crippen molar-refractivity contribution in [2.45, 2.75) is 89.7 Å². The Labute approximate surface area is 154 Å². The maximum atomic E-state index is 11.5. The number of carbonyl (C=O) groups excluding carboxylic acids is 1. The SMILES string of the molecule is CCCCCCCCCCCCSC(CC(C)=O)c1ccccc1. The highest BCUT2D eigenvalue weighted by Gasteiger charge is 2.13. The van der Waals surface area contributed by atoms with Crippen LogP contribution in [0, 0.1) is 0 Å². The summed E-state index contributed by atoms with van der Waals surface area (Å²) >= 11 is 1.96. The van der Waals surface area contributed by atoms with E-state index in [2.05, 4.69) is 31.2 Å². The fourth-order valence-electron chi connectivity index (χ4n) is 3.02. The Bertz CT molecular complexity index is 415. The van der Waals surface area contributed by atoms with Crippen LogP contribution in [-0.2, 0) is 4.79 Å². The van der Waals surface area contributed by atoms with Crippen LogP contribution in [0.15, 0.2) is 30.3 Å². The minimum absolute atomic E-state index is 0.291. The zero-order chi connectivity index (χ0) is 17.5. The van der Waals surface area contributed by atoms with Gasteiger partial charge in [-0.3, -0.25) is 4.79 Å². The van der Waals surface area contributed by atoms with Gasteiger partial charge in [-0.1, -0.05) is 95.0 Å². The standard InChI is InChI=1S/C22H36OS/c1-3-4-5-6-7-8-9-10-11-15-18-24-22(19-20(2)23)21-16-13-12-14-17-21/h12-14,16-17,22H,3-11,15,18-19H2,1-2H3. The molecule has 0 aliphatic carbocycles. The zero-order valence-corrected chi connectivity index (χ0v) is 16.6. The first-order chi connectivity index (χ1) is 11.7. The number of hydrogen-bond acceptors (Lipinski definition) is 2. The Morgan fingerprint density at radius 2 is 1.42 bits per heavy atom. The summed E-state index contributed by atoms with van der Waals surface area (Å²) in [6, 6.07) is 10.5. The van der Waals surface area contributed by atoms with Gasteiger partial charge in [-0.15, -0.1) is 0 Å². The second-order valence-electron chi connectivity index (χ2n) is 6.86. The van der Waals surface area contributed by atoms with E-state index in [1.807, 2.05) is 17.8 Å². The normalized spacial score (nSPS) is 12.2. The van der Waals surface area contributed by atoms with E-state index in [0.29, 0.717) is 17.5 Å². The zero-order valence-electron chi connectivity index (χ0n) is 15.8. The van der Waals surface area contributed by atoms with E-state index in [0.717, 1.165) is 0 Å². The van der Waals surface area contributed by atoms with E-state index in [-0.39, 0.29) is 0 Å². The molecule has 0 bridgehead atoms. The molecular formula is C22H36OS. The van der Waals surface area contributed by atoms with Crippen LogP contribution in [0.25, 0.3) is 0 Å². The van der Waals surface area contributed by atoms with E-state index < -0.39 is 0 Å². The predicted molar refractivity (Wildman–Crippen MR) is 109 cm³/mol. The minimum Gasteiger partial charge on any atom is -0.300 e. The van der Waals surface area contributed by atoms with Crippen LogP contribution in [0.5, 0.6) is 0 Å². The molecule has 0 spiro atoms. The van der Waals surface area contributed by atoms with Crippen molar-refractivity contribution in [1.82, 2.24) is 0 Å². The highest BCUT2D eigenvalue weighted by atomic mass is 32.2. The fraction of sp³-hybridized carbons (Fsp3) is 0.682. The summed E-state index contributed by atoms with van der Waals surface area (Å²) in [6.45, 7) is 3.98. The third-order valence-corrected chi connectivity index (χ3v) is 5.83. The van der Waals surface area contributed by atoms with Gasteiger partial charge in [0.1, 0.15) is 5.78 Å². The van der Waals surface area contributed by atoms with Crippen LogP contribution in [0.1, 0.15) is 95.3 Å². The molecule has 0 fully saturated rings. The van der Waals surface area contributed by atoms with Gasteiger partial charge in [0.2, 0.25) is 0 Å². The van der Waals surface area contributed by atoms with Crippen molar-refractivity contribution >= 4 is 17.5 Å². The molecule has 1 aromatic carbocycles. The van der Waals surface area contributed by atoms with Gasteiger partial charge < -0.3 is 0 Å². The van der Waals surface area contributed by atoms with Crippen molar-refractivity contribution in [2.24, 2.45) is 0 Å². The smallest absolute Gasteiger partial charge is 0.131 e. The molecule has 136 valence electrons. The summed E-state index contributed by atoms with van der Waals surface area (Å²) in [6.07, 6.45) is 14.5. The Balaban J connectivity index is 2.08. The number of Topliss-reactive ketones (excluding diaryl/α,β-unsaturated/α-hetero) is 1. The largest absolute Gasteiger partial charge is 0.300 e. The molecule has 0 aliphatic rings. The van der Waals surface area contributed by atoms with Crippen LogP contribution < -0.4 is 0 Å². The first-order valence-corrected chi connectivity index (χ1v) is 10.9. The second-order valence-corrected chi connectivity index (χ2v) is 8.17. The summed E-state index contributed by atoms with van der Waals surface area (Å²) in [7, 11) is 0. The number of ketones is 1. The van der Waals surface area contributed by atoms with Gasteiger partial charge in [0.15, 0.2) is 0 Å². The molecule has 0 saturated carbocycles. The van der Waals surface area contributed by atoms with Gasteiger partial charge in [-0.05, 0) is 24.7 Å². The van der Waals surface area contributed by atoms with Gasteiger partial charge in [0.05, 0.1) is 0 Å². The summed E-state index contributed by atoms with van der Waals surface area (Å²) in [5.74, 6) is 1.46. The number of unbranched alkanes of at least 4 members (excludes halogenated alkanes) is 9. The molecule has 2 heteroatoms. The number of thioether (sulfide) groups is 1. The molecule has 0 aliphatic heterocycles. The van der Waals surface area contributed by atoms with Crippen molar-refractivity contribution in [3.8, 4) is 0 Å². The molecule has 0 amide bonds. The average molecular weight is 349 g/mol. The molecule has 0 saturated heterocycles. The quantitative estimate of drug-likeness (QED) is 0.308. The Hall–Kier alpha value is -0.760. The summed E-state index contributed by atoms with van der Waals surface area (Å²) < 4.78 is 0. The van der Waals surface area contributed by atoms with E-state index in [1.54, 1.807) is 6.92 Å². The molecule has 1 nitrogen and oxygen atoms in total. The summed E-state index contributed by atoms with van der Waals surface area (Å²) in [5.41, 5.74) is 1.30. The Morgan fingerprint density at radius 3 is 1.96 bits per heavy atom. The molecular weight excluding hydrogens is 312 g/mol. The molecule has 24 heavy (non-hydrogen) atoms. The molecule has 1 rings (SSSR count). The average Bonchev–Trinajstić information content (AvgIpc) is 2.59. The molecule has 0 heterocycles. The van der Waals surface area contributed by atoms with Crippen molar-refractivity contribution in [3.63, 3.8) is 0 Å². The fourth-order valence-corrected chi connectivity index (χ4v) is 4.37. The lowest BCUT2D eigenvalue weighted by Gasteiger charge is -2.15. The summed E-state index contributed by atoms with van der Waals surface area (Å²) in [5, 5.41) is 0.335. The van der Waals surface area contributed by atoms with Crippen LogP contribution >= 0.6 is 11.8 Å². The molecule has 1 unspecified atom stereocenters. The van der Waals surface area contributed by atoms with Crippen molar-refractivity contribution in [2.75, 3.05) is 5.75 Å². The highest BCUT2D eigenvalue weighted by molar-refractivity contribution is 7.99. The topological polar surface area (TPSA) is 17.1 Å². The lowest BCUT2D eigenvalue weighted by molar-refractivity contribution is -0.117. The first-order valence-electron chi connectivity index (χ1n) is 9.90. The Kier molecular flexibility index (Phi) is 12.9. The lowest BCUT2D eigenvalue weighted by atomic mass is 10.1. The maximum Gasteiger partial charge on any atom is 0.131 e. The number of carbonyl (C=O) groups is 1. The monoisotopic (exact) mass is 348 g/mol. The van der Waals surface area contributed by atoms with Gasteiger partial charge in [0, 0.05) is 11.7 Å². The van der Waals surface area contributed by atoms with Crippen LogP contribution in [-0.4, -0.2) is 11.5 Å². The van der Waals surface area contributed by atoms with Gasteiger partial charge in [-0.2, -0.15) is 11.8 Å².